The minimum absolute atomic E-state index is 0.00352. The van der Waals surface area contributed by atoms with E-state index in [1.807, 2.05) is 52.9 Å². The Bertz CT molecular complexity index is 1580. The van der Waals surface area contributed by atoms with Gasteiger partial charge in [-0.3, -0.25) is 19.7 Å². The third-order valence-electron chi connectivity index (χ3n) is 10.6. The molecular formula is C37H45Cl2IN4O6. The molecule has 6 rings (SSSR count). The van der Waals surface area contributed by atoms with Crippen molar-refractivity contribution >= 4 is 69.6 Å². The zero-order chi connectivity index (χ0) is 35.5. The third kappa shape index (κ3) is 9.05. The first-order chi connectivity index (χ1) is 24.0. The molecule has 2 aromatic carbocycles. The fraction of sp³-hybridized carbons (Fsp3) is 0.568. The zero-order valence-electron chi connectivity index (χ0n) is 27.9. The van der Waals surface area contributed by atoms with Crippen molar-refractivity contribution in [2.24, 2.45) is 11.8 Å². The van der Waals surface area contributed by atoms with Crippen LogP contribution in [-0.4, -0.2) is 57.2 Å². The molecule has 0 radical (unpaired) electrons. The summed E-state index contributed by atoms with van der Waals surface area (Å²) in [5.74, 6) is -1.63. The summed E-state index contributed by atoms with van der Waals surface area (Å²) >= 11 is 14.8. The van der Waals surface area contributed by atoms with E-state index in [4.69, 9.17) is 27.9 Å². The van der Waals surface area contributed by atoms with Crippen LogP contribution in [0.15, 0.2) is 48.5 Å². The summed E-state index contributed by atoms with van der Waals surface area (Å²) in [4.78, 5) is 54.0. The van der Waals surface area contributed by atoms with E-state index in [1.165, 1.54) is 0 Å². The number of amides is 4. The number of aliphatic hydroxyl groups excluding tert-OH is 1. The highest BCUT2D eigenvalue weighted by Crippen LogP contribution is 2.58. The Balaban J connectivity index is 1.26. The molecule has 10 nitrogen and oxygen atoms in total. The van der Waals surface area contributed by atoms with Gasteiger partial charge in [0, 0.05) is 34.0 Å². The zero-order valence-corrected chi connectivity index (χ0v) is 31.6. The Kier molecular flexibility index (Phi) is 11.9. The molecule has 5 N–H and O–H groups in total. The number of hydrogen-bond acceptors (Lipinski definition) is 6. The van der Waals surface area contributed by atoms with E-state index in [-0.39, 0.29) is 24.3 Å². The molecule has 4 aliphatic rings. The van der Waals surface area contributed by atoms with Gasteiger partial charge in [0.05, 0.1) is 6.04 Å². The molecular weight excluding hydrogens is 794 g/mol. The maximum Gasteiger partial charge on any atom is 0.409 e. The molecule has 1 saturated heterocycles. The first-order valence-electron chi connectivity index (χ1n) is 17.7. The summed E-state index contributed by atoms with van der Waals surface area (Å²) < 4.78 is 4.83. The van der Waals surface area contributed by atoms with Gasteiger partial charge in [-0.15, -0.1) is 0 Å². The highest BCUT2D eigenvalue weighted by molar-refractivity contribution is 14.1. The Morgan fingerprint density at radius 3 is 2.32 bits per heavy atom. The van der Waals surface area contributed by atoms with Gasteiger partial charge >= 0.3 is 6.09 Å². The van der Waals surface area contributed by atoms with Gasteiger partial charge in [-0.2, -0.15) is 0 Å². The monoisotopic (exact) mass is 838 g/mol. The molecule has 1 heterocycles. The Morgan fingerprint density at radius 2 is 1.70 bits per heavy atom. The number of carbonyl (C=O) groups excluding carboxylic acids is 4. The van der Waals surface area contributed by atoms with E-state index in [2.05, 4.69) is 21.3 Å². The average molecular weight is 840 g/mol. The molecule has 4 fully saturated rings. The van der Waals surface area contributed by atoms with Gasteiger partial charge in [-0.1, -0.05) is 79.6 Å². The van der Waals surface area contributed by atoms with Crippen molar-refractivity contribution in [3.63, 3.8) is 0 Å². The van der Waals surface area contributed by atoms with Crippen LogP contribution in [-0.2, 0) is 24.5 Å². The largest absolute Gasteiger partial charge is 0.440 e. The van der Waals surface area contributed by atoms with Crippen LogP contribution in [0.25, 0.3) is 0 Å². The molecule has 0 aromatic heterocycles. The average Bonchev–Trinajstić information content (AvgIpc) is 4.03. The first-order valence-corrected chi connectivity index (χ1v) is 19.6. The van der Waals surface area contributed by atoms with Crippen molar-refractivity contribution in [3.05, 3.63) is 69.7 Å². The number of nitrogens with one attached hydrogen (secondary N) is 4. The lowest BCUT2D eigenvalue weighted by Gasteiger charge is -2.36. The number of rotatable bonds is 14. The highest BCUT2D eigenvalue weighted by Gasteiger charge is 2.54. The van der Waals surface area contributed by atoms with Crippen LogP contribution in [0.4, 0.5) is 4.79 Å². The number of alkyl carbamates (subject to hydrolysis) is 1. The number of ether oxygens (including phenoxy) is 1. The Morgan fingerprint density at radius 1 is 1.00 bits per heavy atom. The molecule has 13 heteroatoms. The van der Waals surface area contributed by atoms with Gasteiger partial charge in [0.15, 0.2) is 9.65 Å². The second-order valence-corrected chi connectivity index (χ2v) is 17.2. The summed E-state index contributed by atoms with van der Waals surface area (Å²) in [7, 11) is 0. The molecule has 4 amide bonds. The van der Waals surface area contributed by atoms with Crippen molar-refractivity contribution in [2.75, 3.05) is 6.54 Å². The maximum absolute atomic E-state index is 14.4. The third-order valence-corrected chi connectivity index (χ3v) is 12.3. The van der Waals surface area contributed by atoms with Crippen LogP contribution in [0, 0.1) is 11.8 Å². The van der Waals surface area contributed by atoms with Gasteiger partial charge in [-0.25, -0.2) is 4.79 Å². The van der Waals surface area contributed by atoms with Crippen molar-refractivity contribution < 1.29 is 29.0 Å². The van der Waals surface area contributed by atoms with Gasteiger partial charge in [-0.05, 0) is 109 Å². The van der Waals surface area contributed by atoms with Crippen molar-refractivity contribution in [1.29, 1.82) is 0 Å². The number of halogens is 3. The number of alkyl halides is 1. The predicted molar refractivity (Wildman–Crippen MR) is 199 cm³/mol. The number of carbonyl (C=O) groups is 4. The second kappa shape index (κ2) is 16.0. The molecule has 0 bridgehead atoms. The summed E-state index contributed by atoms with van der Waals surface area (Å²) in [5.41, 5.74) is 1.14. The predicted octanol–water partition coefficient (Wildman–Crippen LogP) is 6.24. The van der Waals surface area contributed by atoms with Crippen molar-refractivity contribution in [2.45, 2.75) is 110 Å². The topological polar surface area (TPSA) is 146 Å². The van der Waals surface area contributed by atoms with E-state index in [1.54, 1.807) is 18.2 Å². The van der Waals surface area contributed by atoms with Crippen LogP contribution in [0.5, 0.6) is 0 Å². The smallest absolute Gasteiger partial charge is 0.409 e. The lowest BCUT2D eigenvalue weighted by Crippen LogP contribution is -2.61. The summed E-state index contributed by atoms with van der Waals surface area (Å²) in [6, 6.07) is 13.7. The Labute approximate surface area is 316 Å². The van der Waals surface area contributed by atoms with Gasteiger partial charge < -0.3 is 25.8 Å². The van der Waals surface area contributed by atoms with Crippen LogP contribution in [0.1, 0.15) is 94.3 Å². The molecule has 3 aliphatic carbocycles. The fourth-order valence-corrected chi connectivity index (χ4v) is 8.90. The van der Waals surface area contributed by atoms with Gasteiger partial charge in [0.1, 0.15) is 6.10 Å². The molecule has 3 unspecified atom stereocenters. The van der Waals surface area contributed by atoms with E-state index in [0.29, 0.717) is 29.4 Å². The summed E-state index contributed by atoms with van der Waals surface area (Å²) in [5, 5.41) is 23.7. The lowest BCUT2D eigenvalue weighted by molar-refractivity contribution is -0.134. The van der Waals surface area contributed by atoms with Crippen LogP contribution >= 0.6 is 45.8 Å². The molecule has 3 saturated carbocycles. The number of hydrogen-bond donors (Lipinski definition) is 5. The van der Waals surface area contributed by atoms with Gasteiger partial charge in [0.2, 0.25) is 5.91 Å². The molecule has 5 atom stereocenters. The van der Waals surface area contributed by atoms with Crippen molar-refractivity contribution in [1.82, 2.24) is 21.3 Å². The van der Waals surface area contributed by atoms with Crippen LogP contribution < -0.4 is 21.3 Å². The summed E-state index contributed by atoms with van der Waals surface area (Å²) in [6.45, 7) is 0.490. The quantitative estimate of drug-likeness (QED) is 0.0866. The minimum atomic E-state index is -1.57. The SMILES string of the molecule is O=C(NC(I)(CC1CCCCC1)C(=O)N[C@@H](C[C@@H]1CCNC1=O)C(O)C(=O)NC1CC1)OC(c1cccc(Cl)c1)C1(c2cccc(Cl)c2)CC1. The normalized spacial score (nSPS) is 23.0. The van der Waals surface area contributed by atoms with Gasteiger partial charge in [0.25, 0.3) is 11.8 Å². The lowest BCUT2D eigenvalue weighted by atomic mass is 9.84. The van der Waals surface area contributed by atoms with Crippen molar-refractivity contribution in [3.8, 4) is 0 Å². The molecule has 2 aromatic rings. The second-order valence-electron chi connectivity index (χ2n) is 14.5. The summed E-state index contributed by atoms with van der Waals surface area (Å²) in [6.07, 6.45) is 6.05. The standard InChI is InChI=1S/C37H45Cl2IN4O6/c38-26-10-4-8-23(18-26)31(36(15-16-36)25-9-5-11-27(39)20-25)50-35(49)44-37(40,21-22-6-2-1-3-7-22)34(48)43-29(19-24-14-17-41-32(24)46)30(45)33(47)42-28-12-13-28/h4-5,8-11,18,20,22,24,28-31,45H,1-3,6-7,12-17,19,21H2,(H,41,46)(H,42,47)(H,43,48)(H,44,49)/t24-,29-,30?,31?,37?/m0/s1. The van der Waals surface area contributed by atoms with E-state index in [0.717, 1.165) is 68.9 Å². The maximum atomic E-state index is 14.4. The molecule has 1 aliphatic heterocycles. The van der Waals surface area contributed by atoms with E-state index in [9.17, 15) is 24.3 Å². The van der Waals surface area contributed by atoms with Crippen LogP contribution in [0.2, 0.25) is 10.0 Å². The minimum Gasteiger partial charge on any atom is -0.440 e. The Hall–Kier alpha value is -2.61. The fourth-order valence-electron chi connectivity index (χ4n) is 7.52. The molecule has 50 heavy (non-hydrogen) atoms. The van der Waals surface area contributed by atoms with E-state index < -0.39 is 51.0 Å². The van der Waals surface area contributed by atoms with E-state index >= 15 is 0 Å². The molecule has 0 spiro atoms. The first kappa shape index (κ1) is 37.2. The molecule has 270 valence electrons. The highest BCUT2D eigenvalue weighted by atomic mass is 127. The van der Waals surface area contributed by atoms with Crippen LogP contribution in [0.3, 0.4) is 0 Å². The number of benzene rings is 2. The number of aliphatic hydroxyl groups is 1.